The van der Waals surface area contributed by atoms with Crippen LogP contribution in [-0.2, 0) is 14.8 Å². The summed E-state index contributed by atoms with van der Waals surface area (Å²) in [5, 5.41) is 2.63. The zero-order chi connectivity index (χ0) is 21.6. The van der Waals surface area contributed by atoms with Crippen LogP contribution in [0.15, 0.2) is 83.8 Å². The summed E-state index contributed by atoms with van der Waals surface area (Å²) in [6, 6.07) is 20.8. The molecule has 30 heavy (non-hydrogen) atoms. The normalized spacial score (nSPS) is 11.0. The Morgan fingerprint density at radius 3 is 2.13 bits per heavy atom. The summed E-state index contributed by atoms with van der Waals surface area (Å²) in [5.74, 6) is -0.536. The van der Waals surface area contributed by atoms with Crippen molar-refractivity contribution in [3.05, 3.63) is 90.0 Å². The van der Waals surface area contributed by atoms with Crippen molar-refractivity contribution in [3.63, 3.8) is 0 Å². The molecule has 0 atom stereocenters. The number of nitrogens with one attached hydrogen (secondary N) is 2. The molecule has 0 bridgehead atoms. The molecule has 7 nitrogen and oxygen atoms in total. The fourth-order valence-corrected chi connectivity index (χ4v) is 3.87. The molecular weight excluding hydrogens is 402 g/mol. The number of nitrogens with two attached hydrogens (primary N) is 1. The number of carbonyl (C=O) groups excluding carboxylic acids is 2. The predicted octanol–water partition coefficient (Wildman–Crippen LogP) is 3.01. The summed E-state index contributed by atoms with van der Waals surface area (Å²) >= 11 is 0. The Bertz CT molecular complexity index is 1140. The number of amides is 1. The molecule has 4 N–H and O–H groups in total. The maximum Gasteiger partial charge on any atom is 0.261 e. The fourth-order valence-electron chi connectivity index (χ4n) is 2.79. The zero-order valence-electron chi connectivity index (χ0n) is 16.0. The van der Waals surface area contributed by atoms with Crippen molar-refractivity contribution >= 4 is 33.1 Å². The summed E-state index contributed by atoms with van der Waals surface area (Å²) in [7, 11) is -3.94. The minimum atomic E-state index is -3.94. The van der Waals surface area contributed by atoms with Gasteiger partial charge in [0.05, 0.1) is 10.6 Å². The van der Waals surface area contributed by atoms with Gasteiger partial charge in [-0.15, -0.1) is 0 Å². The first-order valence-electron chi connectivity index (χ1n) is 9.22. The number of hydrogen-bond donors (Lipinski definition) is 3. The molecule has 0 heterocycles. The summed E-state index contributed by atoms with van der Waals surface area (Å²) in [5.41, 5.74) is 6.70. The molecule has 8 heteroatoms. The Kier molecular flexibility index (Phi) is 6.61. The molecule has 0 radical (unpaired) electrons. The lowest BCUT2D eigenvalue weighted by atomic mass is 10.0. The average Bonchev–Trinajstić information content (AvgIpc) is 2.74. The molecule has 0 saturated heterocycles. The summed E-state index contributed by atoms with van der Waals surface area (Å²) in [4.78, 5) is 24.4. The third-order valence-electron chi connectivity index (χ3n) is 4.27. The Labute approximate surface area is 175 Å². The van der Waals surface area contributed by atoms with E-state index < -0.39 is 10.0 Å². The third kappa shape index (κ3) is 5.11. The van der Waals surface area contributed by atoms with Crippen LogP contribution in [0, 0.1) is 0 Å². The van der Waals surface area contributed by atoms with E-state index >= 15 is 0 Å². The SMILES string of the molecule is NCCC(=O)Nc1ccc(S(=O)(=O)Nc2ccccc2C(=O)c2ccccc2)cc1. The number of para-hydroxylation sites is 1. The first-order valence-corrected chi connectivity index (χ1v) is 10.7. The van der Waals surface area contributed by atoms with Crippen LogP contribution in [0.2, 0.25) is 0 Å². The van der Waals surface area contributed by atoms with E-state index in [2.05, 4.69) is 10.0 Å². The van der Waals surface area contributed by atoms with E-state index in [0.29, 0.717) is 11.3 Å². The highest BCUT2D eigenvalue weighted by Crippen LogP contribution is 2.23. The van der Waals surface area contributed by atoms with Gasteiger partial charge in [0.25, 0.3) is 10.0 Å². The second-order valence-corrected chi connectivity index (χ2v) is 8.14. The van der Waals surface area contributed by atoms with Gasteiger partial charge >= 0.3 is 0 Å². The van der Waals surface area contributed by atoms with Crippen molar-refractivity contribution < 1.29 is 18.0 Å². The van der Waals surface area contributed by atoms with E-state index in [1.165, 1.54) is 30.3 Å². The smallest absolute Gasteiger partial charge is 0.261 e. The van der Waals surface area contributed by atoms with Crippen molar-refractivity contribution in [2.75, 3.05) is 16.6 Å². The van der Waals surface area contributed by atoms with Crippen LogP contribution >= 0.6 is 0 Å². The Balaban J connectivity index is 1.82. The van der Waals surface area contributed by atoms with Gasteiger partial charge in [0.1, 0.15) is 0 Å². The molecule has 3 aromatic rings. The van der Waals surface area contributed by atoms with Crippen LogP contribution in [0.25, 0.3) is 0 Å². The molecule has 0 aliphatic heterocycles. The number of rotatable bonds is 8. The number of benzene rings is 3. The highest BCUT2D eigenvalue weighted by molar-refractivity contribution is 7.92. The standard InChI is InChI=1S/C22H21N3O4S/c23-15-14-21(26)24-17-10-12-18(13-11-17)30(28,29)25-20-9-5-4-8-19(20)22(27)16-6-2-1-3-7-16/h1-13,25H,14-15,23H2,(H,24,26). The minimum Gasteiger partial charge on any atom is -0.330 e. The van der Waals surface area contributed by atoms with E-state index in [4.69, 9.17) is 5.73 Å². The molecule has 0 saturated carbocycles. The van der Waals surface area contributed by atoms with E-state index in [1.54, 1.807) is 48.5 Å². The number of anilines is 2. The number of sulfonamides is 1. The predicted molar refractivity (Wildman–Crippen MR) is 116 cm³/mol. The number of ketones is 1. The lowest BCUT2D eigenvalue weighted by molar-refractivity contribution is -0.116. The van der Waals surface area contributed by atoms with Crippen LogP contribution in [-0.4, -0.2) is 26.7 Å². The molecule has 3 rings (SSSR count). The van der Waals surface area contributed by atoms with Gasteiger partial charge in [-0.1, -0.05) is 42.5 Å². The molecule has 0 spiro atoms. The van der Waals surface area contributed by atoms with E-state index in [9.17, 15) is 18.0 Å². The molecule has 154 valence electrons. The van der Waals surface area contributed by atoms with Gasteiger partial charge in [0, 0.05) is 29.8 Å². The lowest BCUT2D eigenvalue weighted by Crippen LogP contribution is -2.17. The van der Waals surface area contributed by atoms with Gasteiger partial charge in [-0.25, -0.2) is 8.42 Å². The Morgan fingerprint density at radius 1 is 0.833 bits per heavy atom. The minimum absolute atomic E-state index is 0.00119. The molecule has 0 fully saturated rings. The second kappa shape index (κ2) is 9.34. The van der Waals surface area contributed by atoms with Gasteiger partial charge in [0.2, 0.25) is 5.91 Å². The lowest BCUT2D eigenvalue weighted by Gasteiger charge is -2.13. The van der Waals surface area contributed by atoms with E-state index in [-0.39, 0.29) is 40.8 Å². The van der Waals surface area contributed by atoms with Crippen molar-refractivity contribution in [1.29, 1.82) is 0 Å². The monoisotopic (exact) mass is 423 g/mol. The molecule has 0 aromatic heterocycles. The second-order valence-electron chi connectivity index (χ2n) is 6.46. The largest absolute Gasteiger partial charge is 0.330 e. The highest BCUT2D eigenvalue weighted by Gasteiger charge is 2.19. The van der Waals surface area contributed by atoms with Crippen molar-refractivity contribution in [2.45, 2.75) is 11.3 Å². The van der Waals surface area contributed by atoms with Crippen molar-refractivity contribution in [1.82, 2.24) is 0 Å². The first kappa shape index (κ1) is 21.2. The maximum absolute atomic E-state index is 12.8. The zero-order valence-corrected chi connectivity index (χ0v) is 16.9. The van der Waals surface area contributed by atoms with Crippen molar-refractivity contribution in [3.8, 4) is 0 Å². The highest BCUT2D eigenvalue weighted by atomic mass is 32.2. The van der Waals surface area contributed by atoms with Gasteiger partial charge in [0.15, 0.2) is 5.78 Å². The Hall–Kier alpha value is -3.49. The summed E-state index contributed by atoms with van der Waals surface area (Å²) < 4.78 is 28.1. The van der Waals surface area contributed by atoms with Crippen LogP contribution in [0.5, 0.6) is 0 Å². The molecule has 0 aliphatic carbocycles. The molecule has 3 aromatic carbocycles. The first-order chi connectivity index (χ1) is 14.4. The van der Waals surface area contributed by atoms with E-state index in [1.807, 2.05) is 0 Å². The number of carbonyl (C=O) groups is 2. The van der Waals surface area contributed by atoms with Gasteiger partial charge in [-0.2, -0.15) is 0 Å². The summed E-state index contributed by atoms with van der Waals surface area (Å²) in [6.45, 7) is 0.226. The van der Waals surface area contributed by atoms with Gasteiger partial charge in [-0.05, 0) is 36.4 Å². The average molecular weight is 423 g/mol. The van der Waals surface area contributed by atoms with E-state index in [0.717, 1.165) is 0 Å². The molecule has 1 amide bonds. The van der Waals surface area contributed by atoms with Crippen LogP contribution < -0.4 is 15.8 Å². The van der Waals surface area contributed by atoms with Gasteiger partial charge in [-0.3, -0.25) is 14.3 Å². The van der Waals surface area contributed by atoms with Crippen LogP contribution in [0.3, 0.4) is 0 Å². The molecular formula is C22H21N3O4S. The van der Waals surface area contributed by atoms with Crippen LogP contribution in [0.4, 0.5) is 11.4 Å². The maximum atomic E-state index is 12.8. The molecule has 0 aliphatic rings. The topological polar surface area (TPSA) is 118 Å². The fraction of sp³-hybridized carbons (Fsp3) is 0.0909. The number of hydrogen-bond acceptors (Lipinski definition) is 5. The van der Waals surface area contributed by atoms with Crippen molar-refractivity contribution in [2.24, 2.45) is 5.73 Å². The summed E-state index contributed by atoms with van der Waals surface area (Å²) in [6.07, 6.45) is 0.174. The third-order valence-corrected chi connectivity index (χ3v) is 5.65. The molecule has 0 unspecified atom stereocenters. The Morgan fingerprint density at radius 2 is 1.47 bits per heavy atom. The quantitative estimate of drug-likeness (QED) is 0.481. The van der Waals surface area contributed by atoms with Gasteiger partial charge < -0.3 is 11.1 Å². The van der Waals surface area contributed by atoms with Crippen LogP contribution in [0.1, 0.15) is 22.3 Å².